The average molecular weight is 456 g/mol. The van der Waals surface area contributed by atoms with Gasteiger partial charge >= 0.3 is 0 Å². The lowest BCUT2D eigenvalue weighted by Crippen LogP contribution is -2.11. The molecule has 0 unspecified atom stereocenters. The normalized spacial score (nSPS) is 11.3. The fraction of sp³-hybridized carbons (Fsp3) is 0.0645. The number of hydrogen-bond acceptors (Lipinski definition) is 2. The lowest BCUT2D eigenvalue weighted by molar-refractivity contribution is -0.351. The molecule has 0 atom stereocenters. The molecule has 0 aliphatic heterocycles. The van der Waals surface area contributed by atoms with Crippen molar-refractivity contribution >= 4 is 33.2 Å². The van der Waals surface area contributed by atoms with Crippen LogP contribution in [0.25, 0.3) is 55.4 Å². The van der Waals surface area contributed by atoms with Crippen LogP contribution in [0, 0.1) is 0 Å². The summed E-state index contributed by atoms with van der Waals surface area (Å²) in [7, 11) is 0. The maximum Gasteiger partial charge on any atom is 0.211 e. The van der Waals surface area contributed by atoms with E-state index in [1.54, 1.807) is 0 Å². The van der Waals surface area contributed by atoms with Crippen molar-refractivity contribution in [1.29, 1.82) is 0 Å². The number of benzene rings is 4. The Labute approximate surface area is 204 Å². The van der Waals surface area contributed by atoms with Crippen molar-refractivity contribution in [2.24, 2.45) is 0 Å². The monoisotopic (exact) mass is 455 g/mol. The Hall–Kier alpha value is -4.57. The summed E-state index contributed by atoms with van der Waals surface area (Å²) in [5, 5.41) is 2.56. The van der Waals surface area contributed by atoms with E-state index in [0.29, 0.717) is 0 Å². The Bertz CT molecular complexity index is 1610. The third kappa shape index (κ3) is 3.69. The number of nitrogens with two attached hydrogens (primary N) is 2. The molecule has 170 valence electrons. The van der Waals surface area contributed by atoms with Crippen LogP contribution in [0.1, 0.15) is 6.92 Å². The Morgan fingerprint density at radius 2 is 1.11 bits per heavy atom. The molecule has 0 spiro atoms. The van der Waals surface area contributed by atoms with Crippen LogP contribution in [0.4, 0.5) is 11.4 Å². The molecule has 0 saturated heterocycles. The maximum atomic E-state index is 5.95. The highest BCUT2D eigenvalue weighted by Gasteiger charge is 2.16. The van der Waals surface area contributed by atoms with E-state index in [0.717, 1.165) is 46.0 Å². The van der Waals surface area contributed by atoms with Gasteiger partial charge in [0.2, 0.25) is 11.4 Å². The van der Waals surface area contributed by atoms with Gasteiger partial charge in [-0.3, -0.25) is 0 Å². The van der Waals surface area contributed by atoms with Crippen molar-refractivity contribution in [2.45, 2.75) is 13.5 Å². The summed E-state index contributed by atoms with van der Waals surface area (Å²) in [6, 6.07) is 35.8. The van der Waals surface area contributed by atoms with E-state index in [4.69, 9.17) is 11.5 Å². The van der Waals surface area contributed by atoms with Gasteiger partial charge in [-0.1, -0.05) is 24.3 Å². The highest BCUT2D eigenvalue weighted by molar-refractivity contribution is 6.09. The fourth-order valence-corrected chi connectivity index (χ4v) is 4.95. The van der Waals surface area contributed by atoms with E-state index in [1.807, 2.05) is 24.3 Å². The molecule has 2 aromatic heterocycles. The molecule has 0 radical (unpaired) electrons. The predicted octanol–water partition coefficient (Wildman–Crippen LogP) is 6.79. The van der Waals surface area contributed by atoms with Gasteiger partial charge in [-0.2, -0.15) is 0 Å². The number of nitrogen functional groups attached to an aromatic ring is 2. The second-order valence-electron chi connectivity index (χ2n) is 8.93. The minimum absolute atomic E-state index is 0.751. The highest BCUT2D eigenvalue weighted by Crippen LogP contribution is 2.34. The van der Waals surface area contributed by atoms with Crippen LogP contribution in [-0.4, -0.2) is 4.57 Å². The van der Waals surface area contributed by atoms with Gasteiger partial charge in [-0.25, -0.2) is 4.98 Å². The molecule has 35 heavy (non-hydrogen) atoms. The molecule has 6 rings (SSSR count). The first kappa shape index (κ1) is 21.0. The molecule has 0 fully saturated rings. The van der Waals surface area contributed by atoms with Crippen LogP contribution in [0.5, 0.6) is 0 Å². The number of nitrogens with one attached hydrogen (secondary N) is 1. The molecule has 2 heterocycles. The Balaban J connectivity index is 1.57. The minimum Gasteiger partial charge on any atom is -0.399 e. The summed E-state index contributed by atoms with van der Waals surface area (Å²) in [5.41, 5.74) is 22.5. The molecule has 4 aromatic carbocycles. The van der Waals surface area contributed by atoms with Gasteiger partial charge in [0.25, 0.3) is 0 Å². The summed E-state index contributed by atoms with van der Waals surface area (Å²) in [4.78, 5) is 3.62. The summed E-state index contributed by atoms with van der Waals surface area (Å²) < 4.78 is 2.38. The van der Waals surface area contributed by atoms with E-state index >= 15 is 0 Å². The zero-order valence-electron chi connectivity index (χ0n) is 19.6. The van der Waals surface area contributed by atoms with Gasteiger partial charge in [-0.05, 0) is 84.8 Å². The second-order valence-corrected chi connectivity index (χ2v) is 8.93. The average Bonchev–Trinajstić information content (AvgIpc) is 3.22. The summed E-state index contributed by atoms with van der Waals surface area (Å²) in [6.07, 6.45) is 0. The van der Waals surface area contributed by atoms with Crippen molar-refractivity contribution in [3.63, 3.8) is 0 Å². The van der Waals surface area contributed by atoms with Gasteiger partial charge in [0.15, 0.2) is 0 Å². The molecule has 5 N–H and O–H groups in total. The standard InChI is InChI=1S/C31H26N4/c1-2-35-30-6-4-3-5-26(30)27-17-22(11-16-31(27)35)23-18-28(20-7-12-24(32)13-8-20)34-29(19-23)21-9-14-25(33)15-10-21/h3-19H,2,32-33H2,1H3/p+1. The van der Waals surface area contributed by atoms with E-state index in [2.05, 4.69) is 95.3 Å². The SMILES string of the molecule is CCn1c2ccccc2c2cc(-c3cc(-c4ccc(N)cc4)[nH+]c(-c4ccc(N)cc4)c3)ccc21. The van der Waals surface area contributed by atoms with Gasteiger partial charge in [0, 0.05) is 63.0 Å². The van der Waals surface area contributed by atoms with Crippen LogP contribution >= 0.6 is 0 Å². The highest BCUT2D eigenvalue weighted by atomic mass is 15.0. The molecule has 0 amide bonds. The predicted molar refractivity (Wildman–Crippen MR) is 147 cm³/mol. The van der Waals surface area contributed by atoms with E-state index in [1.165, 1.54) is 27.4 Å². The van der Waals surface area contributed by atoms with Crippen LogP contribution in [-0.2, 0) is 6.54 Å². The van der Waals surface area contributed by atoms with Gasteiger partial charge in [-0.15, -0.1) is 0 Å². The molecule has 0 aliphatic carbocycles. The van der Waals surface area contributed by atoms with Gasteiger partial charge in [0.05, 0.1) is 0 Å². The van der Waals surface area contributed by atoms with E-state index in [-0.39, 0.29) is 0 Å². The zero-order chi connectivity index (χ0) is 23.9. The number of aromatic amines is 1. The third-order valence-electron chi connectivity index (χ3n) is 6.73. The van der Waals surface area contributed by atoms with E-state index in [9.17, 15) is 0 Å². The fourth-order valence-electron chi connectivity index (χ4n) is 4.95. The molecule has 0 saturated carbocycles. The van der Waals surface area contributed by atoms with Crippen molar-refractivity contribution in [1.82, 2.24) is 4.57 Å². The van der Waals surface area contributed by atoms with Crippen LogP contribution in [0.2, 0.25) is 0 Å². The first-order valence-corrected chi connectivity index (χ1v) is 11.9. The minimum atomic E-state index is 0.751. The number of pyridine rings is 1. The summed E-state index contributed by atoms with van der Waals surface area (Å²) >= 11 is 0. The first-order valence-electron chi connectivity index (χ1n) is 11.9. The largest absolute Gasteiger partial charge is 0.399 e. The van der Waals surface area contributed by atoms with Crippen molar-refractivity contribution in [3.05, 3.63) is 103 Å². The smallest absolute Gasteiger partial charge is 0.211 e. The molecular weight excluding hydrogens is 428 g/mol. The number of H-pyrrole nitrogens is 1. The number of hydrogen-bond donors (Lipinski definition) is 2. The number of para-hydroxylation sites is 1. The van der Waals surface area contributed by atoms with Crippen LogP contribution in [0.3, 0.4) is 0 Å². The number of rotatable bonds is 4. The molecule has 6 aromatic rings. The number of nitrogens with zero attached hydrogens (tertiary/aromatic N) is 1. The van der Waals surface area contributed by atoms with E-state index < -0.39 is 0 Å². The number of aryl methyl sites for hydroxylation is 1. The lowest BCUT2D eigenvalue weighted by Gasteiger charge is -2.07. The second kappa shape index (κ2) is 8.33. The molecule has 0 aliphatic rings. The Morgan fingerprint density at radius 3 is 1.71 bits per heavy atom. The first-order chi connectivity index (χ1) is 17.1. The van der Waals surface area contributed by atoms with Gasteiger partial charge in [0.1, 0.15) is 0 Å². The maximum absolute atomic E-state index is 5.95. The van der Waals surface area contributed by atoms with Gasteiger partial charge < -0.3 is 16.0 Å². The van der Waals surface area contributed by atoms with Crippen molar-refractivity contribution < 1.29 is 4.98 Å². The molecule has 0 bridgehead atoms. The number of anilines is 2. The number of fused-ring (bicyclic) bond motifs is 3. The summed E-state index contributed by atoms with van der Waals surface area (Å²) in [5.74, 6) is 0. The zero-order valence-corrected chi connectivity index (χ0v) is 19.6. The Morgan fingerprint density at radius 1 is 0.571 bits per heavy atom. The molecule has 4 heteroatoms. The number of aromatic nitrogens is 2. The van der Waals surface area contributed by atoms with Crippen molar-refractivity contribution in [2.75, 3.05) is 11.5 Å². The third-order valence-corrected chi connectivity index (χ3v) is 6.73. The van der Waals surface area contributed by atoms with Crippen molar-refractivity contribution in [3.8, 4) is 33.6 Å². The Kier molecular flexibility index (Phi) is 5.00. The lowest BCUT2D eigenvalue weighted by atomic mass is 9.98. The van der Waals surface area contributed by atoms with Crippen LogP contribution in [0.15, 0.2) is 103 Å². The summed E-state index contributed by atoms with van der Waals surface area (Å²) in [6.45, 7) is 3.14. The topological polar surface area (TPSA) is 71.1 Å². The van der Waals surface area contributed by atoms with Crippen LogP contribution < -0.4 is 16.5 Å². The quantitative estimate of drug-likeness (QED) is 0.287. The molecule has 4 nitrogen and oxygen atoms in total. The molecular formula is C31H27N4+.